The van der Waals surface area contributed by atoms with Crippen molar-refractivity contribution in [2.24, 2.45) is 7.05 Å². The lowest BCUT2D eigenvalue weighted by atomic mass is 9.87. The van der Waals surface area contributed by atoms with Gasteiger partial charge in [0.25, 0.3) is 0 Å². The van der Waals surface area contributed by atoms with E-state index in [0.29, 0.717) is 11.0 Å². The number of nitrogens with zero attached hydrogens (tertiary/aromatic N) is 3. The monoisotopic (exact) mass is 526 g/mol. The van der Waals surface area contributed by atoms with E-state index in [4.69, 9.17) is 14.2 Å². The molecule has 0 aliphatic rings. The normalized spacial score (nSPS) is 11.1. The summed E-state index contributed by atoms with van der Waals surface area (Å²) in [6.07, 6.45) is 0. The number of hydrogen-bond acceptors (Lipinski definition) is 9. The van der Waals surface area contributed by atoms with E-state index in [-0.39, 0.29) is 34.6 Å². The Balaban J connectivity index is 1.61. The van der Waals surface area contributed by atoms with E-state index < -0.39 is 17.8 Å². The molecule has 0 radical (unpaired) electrons. The number of aromatic nitrogens is 3. The highest BCUT2D eigenvalue weighted by atomic mass is 32.2. The number of nitrogens with one attached hydrogen (secondary N) is 1. The van der Waals surface area contributed by atoms with E-state index in [0.717, 1.165) is 5.75 Å². The van der Waals surface area contributed by atoms with Crippen LogP contribution in [0.5, 0.6) is 5.75 Å². The summed E-state index contributed by atoms with van der Waals surface area (Å²) in [5.74, 6) is -0.339. The van der Waals surface area contributed by atoms with Gasteiger partial charge in [-0.1, -0.05) is 44.7 Å². The fourth-order valence-electron chi connectivity index (χ4n) is 3.29. The lowest BCUT2D eigenvalue weighted by Crippen LogP contribution is -2.18. The van der Waals surface area contributed by atoms with Crippen LogP contribution in [0.15, 0.2) is 47.6 Å². The first-order chi connectivity index (χ1) is 17.5. The largest absolute Gasteiger partial charge is 0.486 e. The minimum Gasteiger partial charge on any atom is -0.486 e. The van der Waals surface area contributed by atoms with Crippen LogP contribution in [0.4, 0.5) is 5.69 Å². The van der Waals surface area contributed by atoms with Crippen LogP contribution in [0.3, 0.4) is 0 Å². The summed E-state index contributed by atoms with van der Waals surface area (Å²) in [5, 5.41) is 11.5. The summed E-state index contributed by atoms with van der Waals surface area (Å²) in [6.45, 7) is 6.67. The zero-order valence-electron chi connectivity index (χ0n) is 21.7. The molecule has 0 bridgehead atoms. The quantitative estimate of drug-likeness (QED) is 0.326. The molecule has 1 amide bonds. The minimum absolute atomic E-state index is 0.00976. The molecule has 0 unspecified atom stereocenters. The summed E-state index contributed by atoms with van der Waals surface area (Å²) in [7, 11) is 4.26. The molecule has 37 heavy (non-hydrogen) atoms. The van der Waals surface area contributed by atoms with Gasteiger partial charge in [-0.15, -0.1) is 10.2 Å². The van der Waals surface area contributed by atoms with Crippen molar-refractivity contribution in [2.45, 2.75) is 37.9 Å². The van der Waals surface area contributed by atoms with Gasteiger partial charge in [-0.3, -0.25) is 4.79 Å². The second-order valence-electron chi connectivity index (χ2n) is 9.10. The van der Waals surface area contributed by atoms with Crippen LogP contribution in [0, 0.1) is 0 Å². The van der Waals surface area contributed by atoms with Gasteiger partial charge >= 0.3 is 11.9 Å². The predicted octanol–water partition coefficient (Wildman–Crippen LogP) is 4.00. The molecule has 2 aromatic carbocycles. The third-order valence-corrected chi connectivity index (χ3v) is 6.49. The number of thioether (sulfide) groups is 1. The van der Waals surface area contributed by atoms with Crippen LogP contribution in [0.25, 0.3) is 0 Å². The molecule has 11 heteroatoms. The number of ether oxygens (including phenoxy) is 3. The fourth-order valence-corrected chi connectivity index (χ4v) is 4.02. The summed E-state index contributed by atoms with van der Waals surface area (Å²) in [6, 6.07) is 12.1. The van der Waals surface area contributed by atoms with Crippen LogP contribution in [0.2, 0.25) is 0 Å². The second kappa shape index (κ2) is 11.9. The highest BCUT2D eigenvalue weighted by molar-refractivity contribution is 7.99. The predicted molar refractivity (Wildman–Crippen MR) is 139 cm³/mol. The lowest BCUT2D eigenvalue weighted by Gasteiger charge is -2.19. The third kappa shape index (κ3) is 7.10. The fraction of sp³-hybridized carbons (Fsp3) is 0.346. The zero-order valence-corrected chi connectivity index (χ0v) is 22.5. The van der Waals surface area contributed by atoms with E-state index in [1.54, 1.807) is 11.6 Å². The highest BCUT2D eigenvalue weighted by Gasteiger charge is 2.19. The smallest absolute Gasteiger partial charge is 0.339 e. The first kappa shape index (κ1) is 27.7. The molecule has 10 nitrogen and oxygen atoms in total. The van der Waals surface area contributed by atoms with Crippen LogP contribution in [-0.4, -0.2) is 52.6 Å². The molecule has 1 aromatic heterocycles. The maximum absolute atomic E-state index is 12.6. The van der Waals surface area contributed by atoms with Crippen molar-refractivity contribution in [2.75, 3.05) is 25.3 Å². The number of amides is 1. The molecule has 1 heterocycles. The topological polar surface area (TPSA) is 122 Å². The average Bonchev–Trinajstić information content (AvgIpc) is 3.23. The maximum atomic E-state index is 12.6. The van der Waals surface area contributed by atoms with Gasteiger partial charge in [0.1, 0.15) is 12.4 Å². The van der Waals surface area contributed by atoms with Gasteiger partial charge in [-0.2, -0.15) is 0 Å². The molecule has 196 valence electrons. The summed E-state index contributed by atoms with van der Waals surface area (Å²) in [5.41, 5.74) is 1.72. The summed E-state index contributed by atoms with van der Waals surface area (Å²) in [4.78, 5) is 36.6. The van der Waals surface area contributed by atoms with Gasteiger partial charge in [0.2, 0.25) is 5.91 Å². The van der Waals surface area contributed by atoms with Crippen LogP contribution in [-0.2, 0) is 33.3 Å². The van der Waals surface area contributed by atoms with Gasteiger partial charge in [-0.05, 0) is 41.3 Å². The second-order valence-corrected chi connectivity index (χ2v) is 10.0. The standard InChI is InChI=1S/C26H30N4O6S/c1-26(2,3)17-8-10-18(11-9-17)36-14-21-28-29-25(30(21)4)37-15-22(31)27-20-13-16(23(32)34-5)7-12-19(20)24(33)35-6/h7-13H,14-15H2,1-6H3,(H,27,31). The van der Waals surface area contributed by atoms with Gasteiger partial charge in [-0.25, -0.2) is 9.59 Å². The zero-order chi connectivity index (χ0) is 27.2. The van der Waals surface area contributed by atoms with E-state index in [9.17, 15) is 14.4 Å². The molecule has 0 saturated carbocycles. The van der Waals surface area contributed by atoms with Crippen molar-refractivity contribution in [3.8, 4) is 5.75 Å². The number of anilines is 1. The van der Waals surface area contributed by atoms with Crippen LogP contribution >= 0.6 is 11.8 Å². The molecule has 0 spiro atoms. The molecular weight excluding hydrogens is 496 g/mol. The molecule has 0 fully saturated rings. The van der Waals surface area contributed by atoms with E-state index >= 15 is 0 Å². The Labute approximate surface area is 219 Å². The molecule has 3 aromatic rings. The van der Waals surface area contributed by atoms with Crippen molar-refractivity contribution in [3.63, 3.8) is 0 Å². The van der Waals surface area contributed by atoms with E-state index in [1.807, 2.05) is 24.3 Å². The number of hydrogen-bond donors (Lipinski definition) is 1. The Morgan fingerprint density at radius 1 is 0.973 bits per heavy atom. The van der Waals surface area contributed by atoms with Crippen molar-refractivity contribution >= 4 is 35.3 Å². The maximum Gasteiger partial charge on any atom is 0.339 e. The number of carbonyl (C=O) groups excluding carboxylic acids is 3. The number of rotatable bonds is 9. The van der Waals surface area contributed by atoms with Gasteiger partial charge in [0, 0.05) is 7.05 Å². The number of benzene rings is 2. The van der Waals surface area contributed by atoms with Crippen LogP contribution in [0.1, 0.15) is 52.9 Å². The van der Waals surface area contributed by atoms with Crippen molar-refractivity contribution in [3.05, 3.63) is 65.0 Å². The highest BCUT2D eigenvalue weighted by Crippen LogP contribution is 2.25. The average molecular weight is 527 g/mol. The Morgan fingerprint density at radius 2 is 1.65 bits per heavy atom. The van der Waals surface area contributed by atoms with E-state index in [2.05, 4.69) is 36.3 Å². The summed E-state index contributed by atoms with van der Waals surface area (Å²) < 4.78 is 17.1. The number of carbonyl (C=O) groups is 3. The Hall–Kier alpha value is -3.86. The van der Waals surface area contributed by atoms with Crippen molar-refractivity contribution in [1.82, 2.24) is 14.8 Å². The molecule has 0 aliphatic carbocycles. The lowest BCUT2D eigenvalue weighted by molar-refractivity contribution is -0.113. The van der Waals surface area contributed by atoms with E-state index in [1.165, 1.54) is 49.7 Å². The molecule has 1 N–H and O–H groups in total. The molecule has 0 saturated heterocycles. The summed E-state index contributed by atoms with van der Waals surface area (Å²) >= 11 is 1.17. The Morgan fingerprint density at radius 3 is 2.27 bits per heavy atom. The molecule has 0 atom stereocenters. The van der Waals surface area contributed by atoms with Crippen LogP contribution < -0.4 is 10.1 Å². The number of methoxy groups -OCH3 is 2. The minimum atomic E-state index is -0.648. The first-order valence-corrected chi connectivity index (χ1v) is 12.4. The Bertz CT molecular complexity index is 1280. The SMILES string of the molecule is COC(=O)c1ccc(C(=O)OC)c(NC(=O)CSc2nnc(COc3ccc(C(C)(C)C)cc3)n2C)c1. The molecule has 3 rings (SSSR count). The number of esters is 2. The van der Waals surface area contributed by atoms with Gasteiger partial charge in [0.05, 0.1) is 36.8 Å². The molecule has 0 aliphatic heterocycles. The van der Waals surface area contributed by atoms with Gasteiger partial charge in [0.15, 0.2) is 11.0 Å². The van der Waals surface area contributed by atoms with Crippen molar-refractivity contribution < 1.29 is 28.6 Å². The van der Waals surface area contributed by atoms with Gasteiger partial charge < -0.3 is 24.1 Å². The Kier molecular flexibility index (Phi) is 8.93. The molecular formula is C26H30N4O6S. The van der Waals surface area contributed by atoms with Crippen molar-refractivity contribution in [1.29, 1.82) is 0 Å². The first-order valence-electron chi connectivity index (χ1n) is 11.4. The third-order valence-electron chi connectivity index (χ3n) is 5.47.